The van der Waals surface area contributed by atoms with Crippen molar-refractivity contribution < 1.29 is 4.39 Å². The number of alkyl halides is 1. The number of nitrogens with one attached hydrogen (secondary N) is 1. The third kappa shape index (κ3) is 4.43. The smallest absolute Gasteiger partial charge is 0.102 e. The second-order valence-corrected chi connectivity index (χ2v) is 5.16. The average molecular weight is 270 g/mol. The Kier molecular flexibility index (Phi) is 6.37. The molecule has 0 bridgehead atoms. The van der Waals surface area contributed by atoms with E-state index in [0.29, 0.717) is 19.0 Å². The first-order chi connectivity index (χ1) is 8.56. The van der Waals surface area contributed by atoms with Crippen molar-refractivity contribution in [3.8, 4) is 0 Å². The summed E-state index contributed by atoms with van der Waals surface area (Å²) in [7, 11) is 0. The molecule has 1 nitrogen and oxygen atoms in total. The Morgan fingerprint density at radius 1 is 1.33 bits per heavy atom. The Labute approximate surface area is 114 Å². The van der Waals surface area contributed by atoms with Crippen LogP contribution in [0.15, 0.2) is 36.4 Å². The molecule has 0 fully saturated rings. The standard InChI is InChI=1S/C15H21ClFN/c1-11(2)12(3)15(10-18-9-8-17)13-4-6-14(16)7-5-13/h4-7,11,15,18H,3,8-10H2,1-2H3/t15-/m0/s1. The van der Waals surface area contributed by atoms with Crippen LogP contribution in [0.2, 0.25) is 5.02 Å². The Morgan fingerprint density at radius 3 is 2.44 bits per heavy atom. The summed E-state index contributed by atoms with van der Waals surface area (Å²) in [4.78, 5) is 0. The lowest BCUT2D eigenvalue weighted by atomic mass is 9.86. The molecular formula is C15H21ClFN. The highest BCUT2D eigenvalue weighted by Crippen LogP contribution is 2.28. The monoisotopic (exact) mass is 269 g/mol. The summed E-state index contributed by atoms with van der Waals surface area (Å²) in [5.74, 6) is 0.603. The van der Waals surface area contributed by atoms with Crippen molar-refractivity contribution in [1.29, 1.82) is 0 Å². The van der Waals surface area contributed by atoms with E-state index in [1.165, 1.54) is 5.56 Å². The normalized spacial score (nSPS) is 12.7. The van der Waals surface area contributed by atoms with Gasteiger partial charge in [-0.25, -0.2) is 4.39 Å². The average Bonchev–Trinajstić information content (AvgIpc) is 2.35. The molecule has 1 rings (SSSR count). The minimum Gasteiger partial charge on any atom is -0.313 e. The second-order valence-electron chi connectivity index (χ2n) is 4.73. The SMILES string of the molecule is C=C(C(C)C)[C@H](CNCCF)c1ccc(Cl)cc1. The van der Waals surface area contributed by atoms with E-state index < -0.39 is 0 Å². The van der Waals surface area contributed by atoms with E-state index >= 15 is 0 Å². The lowest BCUT2D eigenvalue weighted by Gasteiger charge is -2.23. The summed E-state index contributed by atoms with van der Waals surface area (Å²) in [6, 6.07) is 7.79. The fraction of sp³-hybridized carbons (Fsp3) is 0.467. The molecule has 18 heavy (non-hydrogen) atoms. The first-order valence-electron chi connectivity index (χ1n) is 6.27. The van der Waals surface area contributed by atoms with Gasteiger partial charge in [-0.1, -0.05) is 49.7 Å². The van der Waals surface area contributed by atoms with Gasteiger partial charge in [0.15, 0.2) is 0 Å². The van der Waals surface area contributed by atoms with E-state index in [-0.39, 0.29) is 12.6 Å². The molecule has 0 spiro atoms. The van der Waals surface area contributed by atoms with Gasteiger partial charge in [0.25, 0.3) is 0 Å². The highest BCUT2D eigenvalue weighted by atomic mass is 35.5. The molecule has 0 aliphatic rings. The molecule has 1 aromatic rings. The van der Waals surface area contributed by atoms with E-state index in [2.05, 4.69) is 25.7 Å². The van der Waals surface area contributed by atoms with Crippen LogP contribution in [-0.4, -0.2) is 19.8 Å². The highest BCUT2D eigenvalue weighted by molar-refractivity contribution is 6.30. The fourth-order valence-electron chi connectivity index (χ4n) is 1.87. The zero-order valence-electron chi connectivity index (χ0n) is 11.0. The van der Waals surface area contributed by atoms with Gasteiger partial charge in [0.05, 0.1) is 0 Å². The van der Waals surface area contributed by atoms with Gasteiger partial charge >= 0.3 is 0 Å². The molecule has 1 aromatic carbocycles. The molecule has 0 saturated carbocycles. The molecule has 0 aromatic heterocycles. The lowest BCUT2D eigenvalue weighted by Crippen LogP contribution is -2.25. The number of hydrogen-bond donors (Lipinski definition) is 1. The lowest BCUT2D eigenvalue weighted by molar-refractivity contribution is 0.459. The number of halogens is 2. The Morgan fingerprint density at radius 2 is 1.94 bits per heavy atom. The molecule has 0 radical (unpaired) electrons. The van der Waals surface area contributed by atoms with Crippen LogP contribution < -0.4 is 5.32 Å². The van der Waals surface area contributed by atoms with Crippen molar-refractivity contribution in [2.24, 2.45) is 5.92 Å². The molecule has 0 heterocycles. The van der Waals surface area contributed by atoms with Crippen molar-refractivity contribution >= 4 is 11.6 Å². The van der Waals surface area contributed by atoms with Crippen molar-refractivity contribution in [1.82, 2.24) is 5.32 Å². The van der Waals surface area contributed by atoms with Crippen molar-refractivity contribution in [3.63, 3.8) is 0 Å². The van der Waals surface area contributed by atoms with Gasteiger partial charge in [-0.05, 0) is 23.6 Å². The summed E-state index contributed by atoms with van der Waals surface area (Å²) in [5.41, 5.74) is 2.33. The molecule has 0 aliphatic carbocycles. The predicted octanol–water partition coefficient (Wildman–Crippen LogP) is 4.19. The molecule has 0 unspecified atom stereocenters. The van der Waals surface area contributed by atoms with E-state index in [1.807, 2.05) is 24.3 Å². The number of hydrogen-bond acceptors (Lipinski definition) is 1. The number of rotatable bonds is 7. The Hall–Kier alpha value is -0.860. The minimum atomic E-state index is -0.346. The maximum atomic E-state index is 12.2. The predicted molar refractivity (Wildman–Crippen MR) is 77.0 cm³/mol. The molecular weight excluding hydrogens is 249 g/mol. The third-order valence-corrected chi connectivity index (χ3v) is 3.33. The van der Waals surface area contributed by atoms with Crippen LogP contribution in [0.25, 0.3) is 0 Å². The molecule has 3 heteroatoms. The van der Waals surface area contributed by atoms with Gasteiger partial charge in [0.1, 0.15) is 6.67 Å². The molecule has 1 N–H and O–H groups in total. The van der Waals surface area contributed by atoms with Crippen molar-refractivity contribution in [2.75, 3.05) is 19.8 Å². The van der Waals surface area contributed by atoms with Crippen LogP contribution in [0.4, 0.5) is 4.39 Å². The summed E-state index contributed by atoms with van der Waals surface area (Å²) in [6.07, 6.45) is 0. The van der Waals surface area contributed by atoms with E-state index in [9.17, 15) is 4.39 Å². The first-order valence-corrected chi connectivity index (χ1v) is 6.65. The van der Waals surface area contributed by atoms with Gasteiger partial charge in [-0.3, -0.25) is 0 Å². The highest BCUT2D eigenvalue weighted by Gasteiger charge is 2.17. The maximum Gasteiger partial charge on any atom is 0.102 e. The molecule has 0 saturated heterocycles. The van der Waals surface area contributed by atoms with Gasteiger partial charge in [-0.15, -0.1) is 0 Å². The second kappa shape index (κ2) is 7.55. The van der Waals surface area contributed by atoms with E-state index in [4.69, 9.17) is 11.6 Å². The van der Waals surface area contributed by atoms with Crippen LogP contribution in [0.5, 0.6) is 0 Å². The summed E-state index contributed by atoms with van der Waals surface area (Å²) in [5, 5.41) is 3.84. The zero-order valence-corrected chi connectivity index (χ0v) is 11.8. The van der Waals surface area contributed by atoms with Gasteiger partial charge in [0, 0.05) is 24.0 Å². The quantitative estimate of drug-likeness (QED) is 0.578. The summed E-state index contributed by atoms with van der Waals surface area (Å²) in [6.45, 7) is 9.17. The Bertz CT molecular complexity index is 373. The van der Waals surface area contributed by atoms with E-state index in [0.717, 1.165) is 10.6 Å². The van der Waals surface area contributed by atoms with Crippen LogP contribution in [-0.2, 0) is 0 Å². The summed E-state index contributed by atoms with van der Waals surface area (Å²) < 4.78 is 12.2. The minimum absolute atomic E-state index is 0.203. The maximum absolute atomic E-state index is 12.2. The molecule has 0 aliphatic heterocycles. The van der Waals surface area contributed by atoms with Crippen molar-refractivity contribution in [3.05, 3.63) is 47.0 Å². The summed E-state index contributed by atoms with van der Waals surface area (Å²) >= 11 is 5.90. The van der Waals surface area contributed by atoms with Crippen LogP contribution >= 0.6 is 11.6 Å². The van der Waals surface area contributed by atoms with E-state index in [1.54, 1.807) is 0 Å². The van der Waals surface area contributed by atoms with Crippen LogP contribution in [0, 0.1) is 5.92 Å². The topological polar surface area (TPSA) is 12.0 Å². The molecule has 0 amide bonds. The van der Waals surface area contributed by atoms with Gasteiger partial charge < -0.3 is 5.32 Å². The largest absolute Gasteiger partial charge is 0.313 e. The molecule has 1 atom stereocenters. The van der Waals surface area contributed by atoms with Crippen LogP contribution in [0.1, 0.15) is 25.3 Å². The van der Waals surface area contributed by atoms with Gasteiger partial charge in [0.2, 0.25) is 0 Å². The number of benzene rings is 1. The first kappa shape index (κ1) is 15.2. The van der Waals surface area contributed by atoms with Gasteiger partial charge in [-0.2, -0.15) is 0 Å². The fourth-order valence-corrected chi connectivity index (χ4v) is 2.00. The third-order valence-electron chi connectivity index (χ3n) is 3.08. The van der Waals surface area contributed by atoms with Crippen molar-refractivity contribution in [2.45, 2.75) is 19.8 Å². The zero-order chi connectivity index (χ0) is 13.5. The van der Waals surface area contributed by atoms with Crippen LogP contribution in [0.3, 0.4) is 0 Å². The molecule has 100 valence electrons. The Balaban J connectivity index is 2.82.